The van der Waals surface area contributed by atoms with E-state index in [0.29, 0.717) is 24.6 Å². The molecule has 0 radical (unpaired) electrons. The fourth-order valence-electron chi connectivity index (χ4n) is 3.00. The highest BCUT2D eigenvalue weighted by Crippen LogP contribution is 2.29. The van der Waals surface area contributed by atoms with Crippen LogP contribution in [0, 0.1) is 0 Å². The minimum atomic E-state index is -0.191. The zero-order chi connectivity index (χ0) is 16.9. The number of rotatable bonds is 6. The molecule has 1 unspecified atom stereocenters. The zero-order valence-corrected chi connectivity index (χ0v) is 14.0. The molecule has 0 spiro atoms. The molecule has 3 rings (SSSR count). The van der Waals surface area contributed by atoms with E-state index >= 15 is 0 Å². The van der Waals surface area contributed by atoms with Crippen LogP contribution in [0.15, 0.2) is 24.5 Å². The number of amides is 1. The standard InChI is InChI=1S/C17H22N4O3/c1-23-10-9-21-11-12-5-3-7-14(15(12)20-21)19-16(22)13-6-4-8-18-17(13)24-2/h4,6,8,11,14H,3,5,7,9-10H2,1-2H3,(H,19,22). The quantitative estimate of drug-likeness (QED) is 0.873. The van der Waals surface area contributed by atoms with Gasteiger partial charge in [0, 0.05) is 19.5 Å². The van der Waals surface area contributed by atoms with Crippen LogP contribution in [-0.4, -0.2) is 41.5 Å². The average molecular weight is 330 g/mol. The second-order valence-electron chi connectivity index (χ2n) is 5.77. The lowest BCUT2D eigenvalue weighted by molar-refractivity contribution is 0.0927. The molecule has 7 heteroatoms. The normalized spacial score (nSPS) is 16.5. The Morgan fingerprint density at radius 1 is 1.46 bits per heavy atom. The number of nitrogens with zero attached hydrogens (tertiary/aromatic N) is 3. The third-order valence-electron chi connectivity index (χ3n) is 4.18. The molecule has 2 heterocycles. The number of hydrogen-bond donors (Lipinski definition) is 1. The molecule has 0 saturated heterocycles. The summed E-state index contributed by atoms with van der Waals surface area (Å²) < 4.78 is 12.2. The smallest absolute Gasteiger partial charge is 0.257 e. The first-order valence-corrected chi connectivity index (χ1v) is 8.08. The van der Waals surface area contributed by atoms with Gasteiger partial charge in [-0.05, 0) is 37.0 Å². The highest BCUT2D eigenvalue weighted by molar-refractivity contribution is 5.96. The Bertz CT molecular complexity index is 714. The predicted molar refractivity (Wildman–Crippen MR) is 88.0 cm³/mol. The van der Waals surface area contributed by atoms with Crippen LogP contribution in [-0.2, 0) is 17.7 Å². The SMILES string of the molecule is COCCn1cc2c(n1)C(NC(=O)c1cccnc1OC)CCC2. The van der Waals surface area contributed by atoms with E-state index in [9.17, 15) is 4.79 Å². The van der Waals surface area contributed by atoms with Crippen LogP contribution in [0.3, 0.4) is 0 Å². The summed E-state index contributed by atoms with van der Waals surface area (Å²) in [6.07, 6.45) is 6.55. The monoisotopic (exact) mass is 330 g/mol. The molecule has 1 N–H and O–H groups in total. The molecule has 2 aromatic heterocycles. The fourth-order valence-corrected chi connectivity index (χ4v) is 3.00. The summed E-state index contributed by atoms with van der Waals surface area (Å²) in [7, 11) is 3.18. The van der Waals surface area contributed by atoms with Gasteiger partial charge >= 0.3 is 0 Å². The largest absolute Gasteiger partial charge is 0.480 e. The van der Waals surface area contributed by atoms with Crippen molar-refractivity contribution in [3.63, 3.8) is 0 Å². The van der Waals surface area contributed by atoms with Crippen molar-refractivity contribution in [2.45, 2.75) is 31.8 Å². The molecule has 1 aliphatic rings. The zero-order valence-electron chi connectivity index (χ0n) is 14.0. The van der Waals surface area contributed by atoms with E-state index in [1.165, 1.54) is 12.7 Å². The Kier molecular flexibility index (Phi) is 5.10. The Hall–Kier alpha value is -2.41. The number of carbonyl (C=O) groups is 1. The summed E-state index contributed by atoms with van der Waals surface area (Å²) >= 11 is 0. The van der Waals surface area contributed by atoms with Gasteiger partial charge in [-0.1, -0.05) is 0 Å². The van der Waals surface area contributed by atoms with E-state index < -0.39 is 0 Å². The van der Waals surface area contributed by atoms with Gasteiger partial charge in [0.15, 0.2) is 0 Å². The molecule has 0 saturated carbocycles. The first-order chi connectivity index (χ1) is 11.7. The second-order valence-corrected chi connectivity index (χ2v) is 5.77. The van der Waals surface area contributed by atoms with Crippen LogP contribution in [0.5, 0.6) is 5.88 Å². The number of aryl methyl sites for hydroxylation is 1. The summed E-state index contributed by atoms with van der Waals surface area (Å²) in [5, 5.41) is 7.70. The molecule has 0 aromatic carbocycles. The van der Waals surface area contributed by atoms with E-state index in [0.717, 1.165) is 25.0 Å². The van der Waals surface area contributed by atoms with Gasteiger partial charge < -0.3 is 14.8 Å². The third-order valence-corrected chi connectivity index (χ3v) is 4.18. The van der Waals surface area contributed by atoms with Crippen LogP contribution in [0.1, 0.15) is 40.5 Å². The van der Waals surface area contributed by atoms with E-state index in [1.807, 2.05) is 4.68 Å². The van der Waals surface area contributed by atoms with Gasteiger partial charge in [0.05, 0.1) is 32.0 Å². The van der Waals surface area contributed by atoms with Gasteiger partial charge in [-0.2, -0.15) is 5.10 Å². The maximum Gasteiger partial charge on any atom is 0.257 e. The van der Waals surface area contributed by atoms with Crippen molar-refractivity contribution in [2.75, 3.05) is 20.8 Å². The van der Waals surface area contributed by atoms with Crippen LogP contribution < -0.4 is 10.1 Å². The lowest BCUT2D eigenvalue weighted by Gasteiger charge is -2.22. The molecule has 2 aromatic rings. The van der Waals surface area contributed by atoms with E-state index in [-0.39, 0.29) is 11.9 Å². The minimum absolute atomic E-state index is 0.0880. The maximum absolute atomic E-state index is 12.6. The predicted octanol–water partition coefficient (Wildman–Crippen LogP) is 1.74. The van der Waals surface area contributed by atoms with Crippen molar-refractivity contribution in [3.05, 3.63) is 41.3 Å². The molecular weight excluding hydrogens is 308 g/mol. The van der Waals surface area contributed by atoms with Crippen LogP contribution >= 0.6 is 0 Å². The van der Waals surface area contributed by atoms with Crippen molar-refractivity contribution >= 4 is 5.91 Å². The summed E-state index contributed by atoms with van der Waals surface area (Å²) in [6, 6.07) is 3.35. The lowest BCUT2D eigenvalue weighted by Crippen LogP contribution is -2.31. The first kappa shape index (κ1) is 16.4. The van der Waals surface area contributed by atoms with Crippen molar-refractivity contribution in [1.29, 1.82) is 0 Å². The molecule has 0 bridgehead atoms. The summed E-state index contributed by atoms with van der Waals surface area (Å²) in [6.45, 7) is 1.32. The molecule has 0 aliphatic heterocycles. The van der Waals surface area contributed by atoms with Gasteiger partial charge in [0.2, 0.25) is 5.88 Å². The number of aromatic nitrogens is 3. The van der Waals surface area contributed by atoms with Crippen molar-refractivity contribution < 1.29 is 14.3 Å². The van der Waals surface area contributed by atoms with Crippen molar-refractivity contribution in [1.82, 2.24) is 20.1 Å². The minimum Gasteiger partial charge on any atom is -0.480 e. The highest BCUT2D eigenvalue weighted by Gasteiger charge is 2.26. The fraction of sp³-hybridized carbons (Fsp3) is 0.471. The third kappa shape index (κ3) is 3.41. The van der Waals surface area contributed by atoms with Gasteiger partial charge in [0.1, 0.15) is 5.56 Å². The number of pyridine rings is 1. The van der Waals surface area contributed by atoms with Crippen LogP contribution in [0.25, 0.3) is 0 Å². The van der Waals surface area contributed by atoms with Gasteiger partial charge in [0.25, 0.3) is 5.91 Å². The topological polar surface area (TPSA) is 78.3 Å². The number of fused-ring (bicyclic) bond motifs is 1. The van der Waals surface area contributed by atoms with Crippen LogP contribution in [0.2, 0.25) is 0 Å². The highest BCUT2D eigenvalue weighted by atomic mass is 16.5. The molecule has 1 atom stereocenters. The first-order valence-electron chi connectivity index (χ1n) is 8.08. The number of methoxy groups -OCH3 is 2. The molecule has 0 fully saturated rings. The van der Waals surface area contributed by atoms with Crippen molar-refractivity contribution in [2.24, 2.45) is 0 Å². The summed E-state index contributed by atoms with van der Waals surface area (Å²) in [5.41, 5.74) is 2.58. The number of carbonyl (C=O) groups excluding carboxylic acids is 1. The van der Waals surface area contributed by atoms with Crippen molar-refractivity contribution in [3.8, 4) is 5.88 Å². The van der Waals surface area contributed by atoms with E-state index in [2.05, 4.69) is 21.6 Å². The summed E-state index contributed by atoms with van der Waals surface area (Å²) in [4.78, 5) is 16.7. The molecule has 1 amide bonds. The molecule has 1 aliphatic carbocycles. The second kappa shape index (κ2) is 7.44. The molecule has 128 valence electrons. The van der Waals surface area contributed by atoms with Gasteiger partial charge in [-0.15, -0.1) is 0 Å². The van der Waals surface area contributed by atoms with E-state index in [4.69, 9.17) is 9.47 Å². The Morgan fingerprint density at radius 3 is 3.12 bits per heavy atom. The number of hydrogen-bond acceptors (Lipinski definition) is 5. The average Bonchev–Trinajstić information content (AvgIpc) is 3.04. The molecule has 24 heavy (non-hydrogen) atoms. The van der Waals surface area contributed by atoms with E-state index in [1.54, 1.807) is 25.4 Å². The number of nitrogens with one attached hydrogen (secondary N) is 1. The Morgan fingerprint density at radius 2 is 2.33 bits per heavy atom. The summed E-state index contributed by atoms with van der Waals surface area (Å²) in [5.74, 6) is 0.140. The van der Waals surface area contributed by atoms with Gasteiger partial charge in [-0.25, -0.2) is 4.98 Å². The maximum atomic E-state index is 12.6. The number of ether oxygens (including phenoxy) is 2. The molecular formula is C17H22N4O3. The van der Waals surface area contributed by atoms with Gasteiger partial charge in [-0.3, -0.25) is 9.48 Å². The Balaban J connectivity index is 1.77. The molecule has 7 nitrogen and oxygen atoms in total. The Labute approximate surface area is 141 Å². The van der Waals surface area contributed by atoms with Crippen LogP contribution in [0.4, 0.5) is 0 Å². The lowest BCUT2D eigenvalue weighted by atomic mass is 9.93.